The first-order valence-electron chi connectivity index (χ1n) is 5.55. The molecule has 104 valence electrons. The molecule has 0 aliphatic carbocycles. The lowest BCUT2D eigenvalue weighted by molar-refractivity contribution is -0.139. The summed E-state index contributed by atoms with van der Waals surface area (Å²) >= 11 is 0. The highest BCUT2D eigenvalue weighted by Gasteiger charge is 2.21. The molecule has 0 rings (SSSR count). The van der Waals surface area contributed by atoms with E-state index in [1.807, 2.05) is 0 Å². The summed E-state index contributed by atoms with van der Waals surface area (Å²) in [4.78, 5) is 34.4. The Hall–Kier alpha value is -1.83. The minimum absolute atomic E-state index is 0.0176. The lowest BCUT2D eigenvalue weighted by Crippen LogP contribution is -2.48. The Labute approximate surface area is 106 Å². The number of hydrogen-bond donors (Lipinski definition) is 4. The van der Waals surface area contributed by atoms with E-state index in [1.165, 1.54) is 4.90 Å². The number of carboxylic acids is 1. The number of hydrogen-bond acceptors (Lipinski definition) is 4. The molecule has 0 saturated heterocycles. The van der Waals surface area contributed by atoms with Gasteiger partial charge < -0.3 is 26.4 Å². The van der Waals surface area contributed by atoms with E-state index >= 15 is 0 Å². The number of nitrogens with one attached hydrogen (secondary N) is 2. The van der Waals surface area contributed by atoms with Crippen molar-refractivity contribution in [1.29, 1.82) is 0 Å². The number of carbonyl (C=O) groups excluding carboxylic acids is 2. The van der Waals surface area contributed by atoms with Crippen molar-refractivity contribution in [3.05, 3.63) is 0 Å². The van der Waals surface area contributed by atoms with Crippen LogP contribution in [0.2, 0.25) is 0 Å². The maximum Gasteiger partial charge on any atom is 0.326 e. The van der Waals surface area contributed by atoms with Gasteiger partial charge >= 0.3 is 12.0 Å². The second kappa shape index (κ2) is 8.29. The predicted octanol–water partition coefficient (Wildman–Crippen LogP) is -1.43. The quantitative estimate of drug-likeness (QED) is 0.425. The monoisotopic (exact) mass is 260 g/mol. The van der Waals surface area contributed by atoms with Crippen LogP contribution in [0.5, 0.6) is 0 Å². The highest BCUT2D eigenvalue weighted by Crippen LogP contribution is 1.98. The number of urea groups is 1. The standard InChI is InChI=1S/C10H20N4O4/c1-12-5-6-14(2)10(18)13-7(9(16)17)3-4-8(11)15/h7,12H,3-6H2,1-2H3,(H2,11,15)(H,13,18)(H,16,17). The molecular weight excluding hydrogens is 240 g/mol. The molecule has 0 bridgehead atoms. The van der Waals surface area contributed by atoms with Gasteiger partial charge in [-0.1, -0.05) is 0 Å². The van der Waals surface area contributed by atoms with Gasteiger partial charge in [-0.25, -0.2) is 9.59 Å². The fourth-order valence-electron chi connectivity index (χ4n) is 1.18. The molecule has 0 aromatic carbocycles. The summed E-state index contributed by atoms with van der Waals surface area (Å²) in [6.45, 7) is 1.05. The number of likely N-dealkylation sites (N-methyl/N-ethyl adjacent to an activating group) is 2. The fourth-order valence-corrected chi connectivity index (χ4v) is 1.18. The van der Waals surface area contributed by atoms with Crippen molar-refractivity contribution in [1.82, 2.24) is 15.5 Å². The Morgan fingerprint density at radius 2 is 2.00 bits per heavy atom. The predicted molar refractivity (Wildman–Crippen MR) is 64.9 cm³/mol. The molecule has 8 heteroatoms. The molecule has 1 unspecified atom stereocenters. The van der Waals surface area contributed by atoms with Crippen LogP contribution in [0.3, 0.4) is 0 Å². The zero-order chi connectivity index (χ0) is 14.1. The Bertz CT molecular complexity index is 308. The molecule has 0 heterocycles. The van der Waals surface area contributed by atoms with Crippen molar-refractivity contribution in [2.24, 2.45) is 5.73 Å². The molecule has 0 spiro atoms. The normalized spacial score (nSPS) is 11.7. The number of carboxylic acid groups (broad SMARTS) is 1. The molecule has 0 saturated carbocycles. The molecular formula is C10H20N4O4. The zero-order valence-corrected chi connectivity index (χ0v) is 10.6. The highest BCUT2D eigenvalue weighted by molar-refractivity contribution is 5.83. The average Bonchev–Trinajstić information content (AvgIpc) is 2.30. The van der Waals surface area contributed by atoms with E-state index in [-0.39, 0.29) is 12.8 Å². The van der Waals surface area contributed by atoms with E-state index < -0.39 is 23.9 Å². The molecule has 0 fully saturated rings. The minimum atomic E-state index is -1.19. The third kappa shape index (κ3) is 6.69. The third-order valence-corrected chi connectivity index (χ3v) is 2.32. The smallest absolute Gasteiger partial charge is 0.326 e. The molecule has 1 atom stereocenters. The van der Waals surface area contributed by atoms with Crippen molar-refractivity contribution in [2.75, 3.05) is 27.2 Å². The number of primary amides is 1. The number of aliphatic carboxylic acids is 1. The number of rotatable bonds is 8. The molecule has 18 heavy (non-hydrogen) atoms. The van der Waals surface area contributed by atoms with Crippen LogP contribution in [-0.2, 0) is 9.59 Å². The van der Waals surface area contributed by atoms with Crippen LogP contribution in [0.4, 0.5) is 4.79 Å². The second-order valence-corrected chi connectivity index (χ2v) is 3.87. The summed E-state index contributed by atoms with van der Waals surface area (Å²) in [6.07, 6.45) is -0.103. The fraction of sp³-hybridized carbons (Fsp3) is 0.700. The molecule has 0 radical (unpaired) electrons. The largest absolute Gasteiger partial charge is 0.480 e. The first kappa shape index (κ1) is 16.2. The van der Waals surface area contributed by atoms with Crippen LogP contribution in [-0.4, -0.2) is 61.1 Å². The molecule has 0 aromatic heterocycles. The summed E-state index contributed by atoms with van der Waals surface area (Å²) in [5, 5.41) is 14.1. The summed E-state index contributed by atoms with van der Waals surface area (Å²) in [5.41, 5.74) is 4.93. The number of carbonyl (C=O) groups is 3. The number of nitrogens with zero attached hydrogens (tertiary/aromatic N) is 1. The maximum atomic E-state index is 11.6. The second-order valence-electron chi connectivity index (χ2n) is 3.87. The summed E-state index contributed by atoms with van der Waals surface area (Å²) in [7, 11) is 3.30. The van der Waals surface area contributed by atoms with Crippen LogP contribution in [0.15, 0.2) is 0 Å². The Balaban J connectivity index is 4.26. The van der Waals surface area contributed by atoms with Crippen LogP contribution < -0.4 is 16.4 Å². The molecule has 3 amide bonds. The van der Waals surface area contributed by atoms with Crippen molar-refractivity contribution >= 4 is 17.9 Å². The average molecular weight is 260 g/mol. The highest BCUT2D eigenvalue weighted by atomic mass is 16.4. The van der Waals surface area contributed by atoms with E-state index in [4.69, 9.17) is 10.8 Å². The van der Waals surface area contributed by atoms with Crippen LogP contribution >= 0.6 is 0 Å². The molecule has 5 N–H and O–H groups in total. The van der Waals surface area contributed by atoms with E-state index in [2.05, 4.69) is 10.6 Å². The summed E-state index contributed by atoms with van der Waals surface area (Å²) in [5.74, 6) is -1.79. The first-order valence-corrected chi connectivity index (χ1v) is 5.55. The summed E-state index contributed by atoms with van der Waals surface area (Å²) in [6, 6.07) is -1.61. The van der Waals surface area contributed by atoms with E-state index in [9.17, 15) is 14.4 Å². The zero-order valence-electron chi connectivity index (χ0n) is 10.6. The van der Waals surface area contributed by atoms with E-state index in [0.717, 1.165) is 0 Å². The van der Waals surface area contributed by atoms with Gasteiger partial charge in [-0.3, -0.25) is 4.79 Å². The van der Waals surface area contributed by atoms with Gasteiger partial charge in [-0.2, -0.15) is 0 Å². The van der Waals surface area contributed by atoms with Crippen LogP contribution in [0, 0.1) is 0 Å². The van der Waals surface area contributed by atoms with Gasteiger partial charge in [0.05, 0.1) is 0 Å². The maximum absolute atomic E-state index is 11.6. The van der Waals surface area contributed by atoms with Gasteiger partial charge in [0.25, 0.3) is 0 Å². The van der Waals surface area contributed by atoms with E-state index in [0.29, 0.717) is 13.1 Å². The van der Waals surface area contributed by atoms with Crippen molar-refractivity contribution < 1.29 is 19.5 Å². The molecule has 0 aliphatic heterocycles. The summed E-state index contributed by atoms with van der Waals surface area (Å²) < 4.78 is 0. The first-order chi connectivity index (χ1) is 8.38. The van der Waals surface area contributed by atoms with Crippen molar-refractivity contribution in [3.63, 3.8) is 0 Å². The topological polar surface area (TPSA) is 125 Å². The van der Waals surface area contributed by atoms with Crippen molar-refractivity contribution in [3.8, 4) is 0 Å². The Morgan fingerprint density at radius 1 is 1.39 bits per heavy atom. The van der Waals surface area contributed by atoms with Crippen LogP contribution in [0.25, 0.3) is 0 Å². The Kier molecular flexibility index (Phi) is 7.45. The number of nitrogens with two attached hydrogens (primary N) is 1. The van der Waals surface area contributed by atoms with Gasteiger partial charge in [-0.05, 0) is 13.5 Å². The molecule has 0 aliphatic rings. The van der Waals surface area contributed by atoms with Gasteiger partial charge in [-0.15, -0.1) is 0 Å². The molecule has 8 nitrogen and oxygen atoms in total. The lowest BCUT2D eigenvalue weighted by atomic mass is 10.1. The van der Waals surface area contributed by atoms with Crippen LogP contribution in [0.1, 0.15) is 12.8 Å². The van der Waals surface area contributed by atoms with E-state index in [1.54, 1.807) is 14.1 Å². The molecule has 0 aromatic rings. The number of amides is 3. The third-order valence-electron chi connectivity index (χ3n) is 2.32. The SMILES string of the molecule is CNCCN(C)C(=O)NC(CCC(N)=O)C(=O)O. The van der Waals surface area contributed by atoms with Crippen molar-refractivity contribution in [2.45, 2.75) is 18.9 Å². The van der Waals surface area contributed by atoms with Gasteiger partial charge in [0.15, 0.2) is 0 Å². The van der Waals surface area contributed by atoms with Gasteiger partial charge in [0, 0.05) is 26.6 Å². The lowest BCUT2D eigenvalue weighted by Gasteiger charge is -2.21. The Morgan fingerprint density at radius 3 is 2.44 bits per heavy atom. The van der Waals surface area contributed by atoms with Gasteiger partial charge in [0.1, 0.15) is 6.04 Å². The van der Waals surface area contributed by atoms with Gasteiger partial charge in [0.2, 0.25) is 5.91 Å². The minimum Gasteiger partial charge on any atom is -0.480 e.